The Morgan fingerprint density at radius 1 is 1.25 bits per heavy atom. The molecule has 1 aliphatic rings. The van der Waals surface area contributed by atoms with Gasteiger partial charge in [0, 0.05) is 24.5 Å². The van der Waals surface area contributed by atoms with Crippen LogP contribution in [0.4, 0.5) is 0 Å². The van der Waals surface area contributed by atoms with Crippen molar-refractivity contribution in [2.24, 2.45) is 0 Å². The van der Waals surface area contributed by atoms with Crippen molar-refractivity contribution in [2.75, 3.05) is 20.8 Å². The Kier molecular flexibility index (Phi) is 5.03. The fraction of sp³-hybridized carbons (Fsp3) is 0.444. The third-order valence-corrected chi connectivity index (χ3v) is 4.48. The van der Waals surface area contributed by atoms with E-state index in [0.29, 0.717) is 17.1 Å². The second kappa shape index (κ2) is 7.38. The molecule has 0 bridgehead atoms. The van der Waals surface area contributed by atoms with E-state index < -0.39 is 0 Å². The summed E-state index contributed by atoms with van der Waals surface area (Å²) in [5, 5.41) is 4.27. The summed E-state index contributed by atoms with van der Waals surface area (Å²) in [5.74, 6) is 1.23. The molecule has 0 N–H and O–H groups in total. The maximum atomic E-state index is 13.0. The number of amides is 1. The summed E-state index contributed by atoms with van der Waals surface area (Å²) in [5.41, 5.74) is 0.625. The molecule has 1 aliphatic heterocycles. The third kappa shape index (κ3) is 3.37. The summed E-state index contributed by atoms with van der Waals surface area (Å²) < 4.78 is 12.5. The Balaban J connectivity index is 1.81. The summed E-state index contributed by atoms with van der Waals surface area (Å²) >= 11 is 0. The van der Waals surface area contributed by atoms with E-state index in [2.05, 4.69) is 5.10 Å². The first kappa shape index (κ1) is 16.4. The number of carbonyl (C=O) groups is 1. The zero-order valence-corrected chi connectivity index (χ0v) is 14.1. The van der Waals surface area contributed by atoms with Gasteiger partial charge in [0.05, 0.1) is 26.8 Å². The number of ether oxygens (including phenoxy) is 2. The molecule has 0 saturated carbocycles. The lowest BCUT2D eigenvalue weighted by Gasteiger charge is -2.36. The van der Waals surface area contributed by atoms with Crippen molar-refractivity contribution in [2.45, 2.75) is 31.8 Å². The van der Waals surface area contributed by atoms with Crippen LogP contribution in [0.2, 0.25) is 0 Å². The molecule has 24 heavy (non-hydrogen) atoms. The quantitative estimate of drug-likeness (QED) is 0.846. The summed E-state index contributed by atoms with van der Waals surface area (Å²) in [6, 6.07) is 7.39. The number of aromatic nitrogens is 2. The Labute approximate surface area is 142 Å². The van der Waals surface area contributed by atoms with Crippen molar-refractivity contribution in [1.82, 2.24) is 14.7 Å². The lowest BCUT2D eigenvalue weighted by molar-refractivity contribution is 0.0583. The molecule has 1 aromatic heterocycles. The Hall–Kier alpha value is -2.50. The van der Waals surface area contributed by atoms with E-state index in [1.54, 1.807) is 38.6 Å². The fourth-order valence-corrected chi connectivity index (χ4v) is 3.22. The van der Waals surface area contributed by atoms with Crippen LogP contribution in [0.1, 0.15) is 29.6 Å². The highest BCUT2D eigenvalue weighted by atomic mass is 16.5. The average Bonchev–Trinajstić information content (AvgIpc) is 3.14. The van der Waals surface area contributed by atoms with Gasteiger partial charge in [-0.25, -0.2) is 0 Å². The highest BCUT2D eigenvalue weighted by Crippen LogP contribution is 2.29. The van der Waals surface area contributed by atoms with Gasteiger partial charge in [-0.15, -0.1) is 0 Å². The second-order valence-corrected chi connectivity index (χ2v) is 5.95. The minimum absolute atomic E-state index is 0.0350. The van der Waals surface area contributed by atoms with Crippen LogP contribution < -0.4 is 9.47 Å². The molecule has 3 rings (SSSR count). The minimum atomic E-state index is 0.0350. The van der Waals surface area contributed by atoms with Crippen molar-refractivity contribution in [3.8, 4) is 11.5 Å². The van der Waals surface area contributed by atoms with E-state index in [1.165, 1.54) is 0 Å². The van der Waals surface area contributed by atoms with Crippen molar-refractivity contribution in [3.05, 3.63) is 42.2 Å². The molecule has 0 unspecified atom stereocenters. The molecule has 1 fully saturated rings. The Morgan fingerprint density at radius 3 is 2.79 bits per heavy atom. The second-order valence-electron chi connectivity index (χ2n) is 5.95. The molecule has 1 saturated heterocycles. The highest BCUT2D eigenvalue weighted by Gasteiger charge is 2.28. The summed E-state index contributed by atoms with van der Waals surface area (Å²) in [4.78, 5) is 15.0. The molecule has 0 aliphatic carbocycles. The van der Waals surface area contributed by atoms with Crippen molar-refractivity contribution >= 4 is 5.91 Å². The monoisotopic (exact) mass is 329 g/mol. The predicted molar refractivity (Wildman–Crippen MR) is 90.4 cm³/mol. The molecule has 0 spiro atoms. The minimum Gasteiger partial charge on any atom is -0.493 e. The van der Waals surface area contributed by atoms with Gasteiger partial charge in [0.15, 0.2) is 11.5 Å². The van der Waals surface area contributed by atoms with Crippen molar-refractivity contribution in [1.29, 1.82) is 0 Å². The summed E-state index contributed by atoms with van der Waals surface area (Å²) in [6.45, 7) is 1.51. The maximum Gasteiger partial charge on any atom is 0.254 e. The predicted octanol–water partition coefficient (Wildman–Crippen LogP) is 2.60. The lowest BCUT2D eigenvalue weighted by Crippen LogP contribution is -2.45. The molecule has 1 amide bonds. The zero-order chi connectivity index (χ0) is 16.9. The topological polar surface area (TPSA) is 56.6 Å². The first-order valence-corrected chi connectivity index (χ1v) is 8.23. The largest absolute Gasteiger partial charge is 0.493 e. The molecular formula is C18H23N3O3. The Bertz CT molecular complexity index is 685. The number of nitrogens with zero attached hydrogens (tertiary/aromatic N) is 3. The van der Waals surface area contributed by atoms with Crippen LogP contribution in [0, 0.1) is 0 Å². The number of piperidine rings is 1. The van der Waals surface area contributed by atoms with E-state index in [-0.39, 0.29) is 11.9 Å². The van der Waals surface area contributed by atoms with Crippen LogP contribution in [-0.2, 0) is 6.54 Å². The maximum absolute atomic E-state index is 13.0. The molecule has 6 heteroatoms. The van der Waals surface area contributed by atoms with E-state index in [0.717, 1.165) is 32.4 Å². The highest BCUT2D eigenvalue weighted by molar-refractivity contribution is 5.95. The van der Waals surface area contributed by atoms with Crippen LogP contribution in [0.3, 0.4) is 0 Å². The van der Waals surface area contributed by atoms with Gasteiger partial charge in [-0.05, 0) is 43.5 Å². The van der Waals surface area contributed by atoms with E-state index in [4.69, 9.17) is 9.47 Å². The normalized spacial score (nSPS) is 17.6. The number of hydrogen-bond acceptors (Lipinski definition) is 4. The van der Waals surface area contributed by atoms with Crippen molar-refractivity contribution in [3.63, 3.8) is 0 Å². The van der Waals surface area contributed by atoms with E-state index >= 15 is 0 Å². The van der Waals surface area contributed by atoms with Crippen LogP contribution >= 0.6 is 0 Å². The SMILES string of the molecule is COc1ccc(C(=O)N2CCCC[C@H]2Cn2cccn2)cc1OC. The number of likely N-dealkylation sites (tertiary alicyclic amines) is 1. The first-order chi connectivity index (χ1) is 11.7. The molecular weight excluding hydrogens is 306 g/mol. The number of rotatable bonds is 5. The van der Waals surface area contributed by atoms with E-state index in [1.807, 2.05) is 21.8 Å². The summed E-state index contributed by atoms with van der Waals surface area (Å²) in [7, 11) is 3.16. The Morgan fingerprint density at radius 2 is 2.08 bits per heavy atom. The van der Waals surface area contributed by atoms with Crippen LogP contribution in [0.5, 0.6) is 11.5 Å². The molecule has 1 atom stereocenters. The number of carbonyl (C=O) groups excluding carboxylic acids is 1. The van der Waals surface area contributed by atoms with Gasteiger partial charge in [-0.3, -0.25) is 9.48 Å². The van der Waals surface area contributed by atoms with Gasteiger partial charge < -0.3 is 14.4 Å². The third-order valence-electron chi connectivity index (χ3n) is 4.48. The van der Waals surface area contributed by atoms with Gasteiger partial charge in [0.2, 0.25) is 0 Å². The smallest absolute Gasteiger partial charge is 0.254 e. The molecule has 2 aromatic rings. The average molecular weight is 329 g/mol. The van der Waals surface area contributed by atoms with E-state index in [9.17, 15) is 4.79 Å². The molecule has 2 heterocycles. The van der Waals surface area contributed by atoms with Gasteiger partial charge in [0.1, 0.15) is 0 Å². The molecule has 128 valence electrons. The van der Waals surface area contributed by atoms with Gasteiger partial charge in [-0.2, -0.15) is 5.10 Å². The number of benzene rings is 1. The van der Waals surface area contributed by atoms with Crippen LogP contribution in [0.25, 0.3) is 0 Å². The standard InChI is InChI=1S/C18H23N3O3/c1-23-16-8-7-14(12-17(16)24-2)18(22)21-11-4-3-6-15(21)13-20-10-5-9-19-20/h5,7-10,12,15H,3-4,6,11,13H2,1-2H3/t15-/m0/s1. The van der Waals surface area contributed by atoms with Gasteiger partial charge in [0.25, 0.3) is 5.91 Å². The van der Waals surface area contributed by atoms with Gasteiger partial charge in [-0.1, -0.05) is 0 Å². The number of hydrogen-bond donors (Lipinski definition) is 0. The molecule has 0 radical (unpaired) electrons. The molecule has 6 nitrogen and oxygen atoms in total. The van der Waals surface area contributed by atoms with Crippen molar-refractivity contribution < 1.29 is 14.3 Å². The lowest BCUT2D eigenvalue weighted by atomic mass is 10.0. The van der Waals surface area contributed by atoms with Crippen LogP contribution in [0.15, 0.2) is 36.7 Å². The van der Waals surface area contributed by atoms with Gasteiger partial charge >= 0.3 is 0 Å². The molecule has 1 aromatic carbocycles. The summed E-state index contributed by atoms with van der Waals surface area (Å²) in [6.07, 6.45) is 6.88. The zero-order valence-electron chi connectivity index (χ0n) is 14.1. The fourth-order valence-electron chi connectivity index (χ4n) is 3.22. The number of methoxy groups -OCH3 is 2. The first-order valence-electron chi connectivity index (χ1n) is 8.23. The van der Waals surface area contributed by atoms with Crippen LogP contribution in [-0.4, -0.2) is 47.4 Å².